The molecule has 0 aliphatic rings. The van der Waals surface area contributed by atoms with Crippen molar-refractivity contribution in [2.45, 2.75) is 20.8 Å². The molecule has 0 aromatic rings. The molecule has 1 N–H and O–H groups in total. The maximum atomic E-state index is 11.2. The number of hydrogen-bond donors (Lipinski definition) is 1. The number of carbonyl (C=O) groups excluding carboxylic acids is 1. The molecule has 1 amide bonds. The van der Waals surface area contributed by atoms with E-state index in [1.54, 1.807) is 6.08 Å². The maximum Gasteiger partial charge on any atom is 0.247 e. The van der Waals surface area contributed by atoms with Crippen LogP contribution in [0.2, 0.25) is 0 Å². The quantitative estimate of drug-likeness (QED) is 0.542. The lowest BCUT2D eigenvalue weighted by Gasteiger charge is -2.12. The van der Waals surface area contributed by atoms with Crippen molar-refractivity contribution in [3.63, 3.8) is 0 Å². The van der Waals surface area contributed by atoms with Crippen LogP contribution >= 0.6 is 0 Å². The lowest BCUT2D eigenvalue weighted by Crippen LogP contribution is -2.21. The van der Waals surface area contributed by atoms with Crippen molar-refractivity contribution in [1.29, 1.82) is 0 Å². The molecular formula is C13H19NO. The van der Waals surface area contributed by atoms with E-state index in [-0.39, 0.29) is 5.91 Å². The molecule has 0 aromatic heterocycles. The Morgan fingerprint density at radius 1 is 1.27 bits per heavy atom. The third-order valence-electron chi connectivity index (χ3n) is 1.93. The molecule has 0 saturated heterocycles. The fourth-order valence-corrected chi connectivity index (χ4v) is 1.20. The Balaban J connectivity index is 5.12. The minimum atomic E-state index is -0.215. The summed E-state index contributed by atoms with van der Waals surface area (Å²) >= 11 is 0. The smallest absolute Gasteiger partial charge is 0.247 e. The van der Waals surface area contributed by atoms with Gasteiger partial charge in [-0.15, -0.1) is 0 Å². The molecule has 0 aromatic carbocycles. The van der Waals surface area contributed by atoms with E-state index in [2.05, 4.69) is 32.3 Å². The molecule has 0 saturated carbocycles. The summed E-state index contributed by atoms with van der Waals surface area (Å²) in [6.07, 6.45) is 6.82. The third-order valence-corrected chi connectivity index (χ3v) is 1.93. The van der Waals surface area contributed by atoms with Gasteiger partial charge in [-0.05, 0) is 30.6 Å². The van der Waals surface area contributed by atoms with Gasteiger partial charge in [-0.1, -0.05) is 39.2 Å². The van der Waals surface area contributed by atoms with E-state index >= 15 is 0 Å². The number of allylic oxidation sites excluding steroid dienone is 4. The highest BCUT2D eigenvalue weighted by molar-refractivity contribution is 5.88. The number of nitrogens with one attached hydrogen (secondary N) is 1. The first kappa shape index (κ1) is 13.4. The summed E-state index contributed by atoms with van der Waals surface area (Å²) in [7, 11) is 0. The molecule has 0 aliphatic heterocycles. The van der Waals surface area contributed by atoms with Crippen LogP contribution in [0.15, 0.2) is 48.7 Å². The van der Waals surface area contributed by atoms with E-state index in [9.17, 15) is 4.79 Å². The zero-order chi connectivity index (χ0) is 11.8. The van der Waals surface area contributed by atoms with Gasteiger partial charge in [0.15, 0.2) is 0 Å². The van der Waals surface area contributed by atoms with Crippen molar-refractivity contribution >= 4 is 5.91 Å². The lowest BCUT2D eigenvalue weighted by molar-refractivity contribution is -0.115. The van der Waals surface area contributed by atoms with Gasteiger partial charge in [0.2, 0.25) is 5.91 Å². The van der Waals surface area contributed by atoms with Crippen molar-refractivity contribution < 1.29 is 4.79 Å². The first-order valence-corrected chi connectivity index (χ1v) is 4.99. The average molecular weight is 205 g/mol. The molecule has 0 heterocycles. The fraction of sp³-hybridized carbons (Fsp3) is 0.308. The summed E-state index contributed by atoms with van der Waals surface area (Å²) in [5.74, 6) is 0.117. The molecule has 2 heteroatoms. The van der Waals surface area contributed by atoms with Gasteiger partial charge in [-0.25, -0.2) is 0 Å². The number of amides is 1. The third kappa shape index (κ3) is 4.45. The average Bonchev–Trinajstić information content (AvgIpc) is 2.22. The normalized spacial score (nSPS) is 12.5. The largest absolute Gasteiger partial charge is 0.322 e. The molecule has 0 aliphatic carbocycles. The highest BCUT2D eigenvalue weighted by Crippen LogP contribution is 2.15. The molecular weight excluding hydrogens is 186 g/mol. The van der Waals surface area contributed by atoms with Gasteiger partial charge in [-0.3, -0.25) is 4.79 Å². The summed E-state index contributed by atoms with van der Waals surface area (Å²) in [5, 5.41) is 2.74. The number of carbonyl (C=O) groups is 1. The predicted molar refractivity (Wildman–Crippen MR) is 65.2 cm³/mol. The Morgan fingerprint density at radius 3 is 2.20 bits per heavy atom. The van der Waals surface area contributed by atoms with E-state index in [0.29, 0.717) is 5.92 Å². The van der Waals surface area contributed by atoms with Gasteiger partial charge in [0.25, 0.3) is 0 Å². The van der Waals surface area contributed by atoms with Crippen LogP contribution in [0, 0.1) is 5.92 Å². The minimum absolute atomic E-state index is 0.215. The van der Waals surface area contributed by atoms with Crippen LogP contribution < -0.4 is 5.32 Å². The van der Waals surface area contributed by atoms with Crippen molar-refractivity contribution in [3.05, 3.63) is 48.7 Å². The van der Waals surface area contributed by atoms with Gasteiger partial charge < -0.3 is 5.32 Å². The van der Waals surface area contributed by atoms with Crippen LogP contribution in [-0.2, 0) is 4.79 Å². The van der Waals surface area contributed by atoms with E-state index in [1.807, 2.05) is 19.1 Å². The van der Waals surface area contributed by atoms with Crippen LogP contribution in [0.4, 0.5) is 0 Å². The molecule has 2 nitrogen and oxygen atoms in total. The first-order chi connectivity index (χ1) is 7.06. The second kappa shape index (κ2) is 6.82. The fourth-order valence-electron chi connectivity index (χ4n) is 1.20. The van der Waals surface area contributed by atoms with E-state index in [0.717, 1.165) is 11.3 Å². The van der Waals surface area contributed by atoms with E-state index < -0.39 is 0 Å². The molecule has 0 fully saturated rings. The summed E-state index contributed by atoms with van der Waals surface area (Å²) < 4.78 is 0. The summed E-state index contributed by atoms with van der Waals surface area (Å²) in [6, 6.07) is 0. The Kier molecular flexibility index (Phi) is 6.11. The van der Waals surface area contributed by atoms with Gasteiger partial charge >= 0.3 is 0 Å². The molecule has 0 spiro atoms. The van der Waals surface area contributed by atoms with Gasteiger partial charge in [0.1, 0.15) is 0 Å². The Bertz CT molecular complexity index is 308. The monoisotopic (exact) mass is 205 g/mol. The molecule has 0 atom stereocenters. The van der Waals surface area contributed by atoms with Gasteiger partial charge in [-0.2, -0.15) is 0 Å². The second-order valence-corrected chi connectivity index (χ2v) is 3.42. The van der Waals surface area contributed by atoms with Crippen LogP contribution in [0.3, 0.4) is 0 Å². The Morgan fingerprint density at radius 2 is 1.87 bits per heavy atom. The summed E-state index contributed by atoms with van der Waals surface area (Å²) in [5.41, 5.74) is 1.80. The molecule has 0 rings (SSSR count). The topological polar surface area (TPSA) is 29.1 Å². The number of rotatable bonds is 5. The minimum Gasteiger partial charge on any atom is -0.322 e. The van der Waals surface area contributed by atoms with Crippen LogP contribution in [0.1, 0.15) is 20.8 Å². The van der Waals surface area contributed by atoms with Crippen LogP contribution in [0.25, 0.3) is 0 Å². The SMILES string of the molecule is C=CC(=O)N/C(C=C)=C(/C=C\C)C(C)C. The van der Waals surface area contributed by atoms with Gasteiger partial charge in [0, 0.05) is 5.70 Å². The standard InChI is InChI=1S/C13H19NO/c1-6-9-11(10(4)5)12(7-2)14-13(15)8-3/h6-10H,2-3H2,1,4-5H3,(H,14,15)/b9-6-,12-11-. The van der Waals surface area contributed by atoms with Crippen molar-refractivity contribution in [1.82, 2.24) is 5.32 Å². The molecule has 15 heavy (non-hydrogen) atoms. The highest BCUT2D eigenvalue weighted by Gasteiger charge is 2.06. The van der Waals surface area contributed by atoms with E-state index in [4.69, 9.17) is 0 Å². The summed E-state index contributed by atoms with van der Waals surface area (Å²) in [6.45, 7) is 13.2. The van der Waals surface area contributed by atoms with Gasteiger partial charge in [0.05, 0.1) is 0 Å². The van der Waals surface area contributed by atoms with Crippen molar-refractivity contribution in [2.75, 3.05) is 0 Å². The zero-order valence-corrected chi connectivity index (χ0v) is 9.71. The number of hydrogen-bond acceptors (Lipinski definition) is 1. The van der Waals surface area contributed by atoms with Crippen LogP contribution in [-0.4, -0.2) is 5.91 Å². The van der Waals surface area contributed by atoms with Crippen molar-refractivity contribution in [3.8, 4) is 0 Å². The zero-order valence-electron chi connectivity index (χ0n) is 9.71. The molecule has 0 unspecified atom stereocenters. The van der Waals surface area contributed by atoms with Crippen LogP contribution in [0.5, 0.6) is 0 Å². The molecule has 82 valence electrons. The lowest BCUT2D eigenvalue weighted by atomic mass is 10.00. The maximum absolute atomic E-state index is 11.2. The Hall–Kier alpha value is -1.57. The first-order valence-electron chi connectivity index (χ1n) is 4.99. The van der Waals surface area contributed by atoms with E-state index in [1.165, 1.54) is 6.08 Å². The summed E-state index contributed by atoms with van der Waals surface area (Å²) in [4.78, 5) is 11.2. The molecule has 0 radical (unpaired) electrons. The second-order valence-electron chi connectivity index (χ2n) is 3.42. The van der Waals surface area contributed by atoms with Crippen molar-refractivity contribution in [2.24, 2.45) is 5.92 Å². The Labute approximate surface area is 92.1 Å². The highest BCUT2D eigenvalue weighted by atomic mass is 16.1. The molecule has 0 bridgehead atoms. The predicted octanol–water partition coefficient (Wildman–Crippen LogP) is 2.96.